The van der Waals surface area contributed by atoms with Crippen molar-refractivity contribution in [2.45, 2.75) is 13.0 Å². The van der Waals surface area contributed by atoms with Gasteiger partial charge in [0, 0.05) is 36.0 Å². The summed E-state index contributed by atoms with van der Waals surface area (Å²) in [6.07, 6.45) is 5.38. The zero-order valence-corrected chi connectivity index (χ0v) is 11.6. The summed E-state index contributed by atoms with van der Waals surface area (Å²) in [5, 5.41) is 7.00. The van der Waals surface area contributed by atoms with Crippen molar-refractivity contribution in [3.63, 3.8) is 0 Å². The van der Waals surface area contributed by atoms with Gasteiger partial charge in [-0.25, -0.2) is 4.98 Å². The Hall–Kier alpha value is -1.40. The number of nitrogens with one attached hydrogen (secondary N) is 1. The third kappa shape index (κ3) is 3.54. The topological polar surface area (TPSA) is 59.8 Å². The van der Waals surface area contributed by atoms with E-state index >= 15 is 0 Å². The molecule has 0 aliphatic rings. The Bertz CT molecular complexity index is 544. The predicted octanol–water partition coefficient (Wildman–Crippen LogP) is 2.72. The van der Waals surface area contributed by atoms with Gasteiger partial charge in [0.15, 0.2) is 5.15 Å². The lowest BCUT2D eigenvalue weighted by molar-refractivity contribution is -0.116. The van der Waals surface area contributed by atoms with Crippen LogP contribution >= 0.6 is 27.5 Å². The van der Waals surface area contributed by atoms with Crippen LogP contribution < -0.4 is 5.32 Å². The number of anilines is 1. The summed E-state index contributed by atoms with van der Waals surface area (Å²) in [5.74, 6) is -0.132. The van der Waals surface area contributed by atoms with E-state index in [0.29, 0.717) is 18.7 Å². The van der Waals surface area contributed by atoms with Crippen LogP contribution in [0, 0.1) is 0 Å². The third-order valence-electron chi connectivity index (χ3n) is 2.21. The van der Waals surface area contributed by atoms with Gasteiger partial charge < -0.3 is 5.32 Å². The number of hydrogen-bond acceptors (Lipinski definition) is 3. The molecule has 0 aliphatic carbocycles. The van der Waals surface area contributed by atoms with Crippen molar-refractivity contribution in [1.82, 2.24) is 14.8 Å². The number of carbonyl (C=O) groups is 1. The van der Waals surface area contributed by atoms with Crippen molar-refractivity contribution in [1.29, 1.82) is 0 Å². The molecule has 0 bridgehead atoms. The van der Waals surface area contributed by atoms with Gasteiger partial charge in [0.1, 0.15) is 0 Å². The van der Waals surface area contributed by atoms with E-state index in [-0.39, 0.29) is 11.1 Å². The van der Waals surface area contributed by atoms with E-state index in [1.165, 1.54) is 0 Å². The summed E-state index contributed by atoms with van der Waals surface area (Å²) in [4.78, 5) is 15.6. The van der Waals surface area contributed by atoms with Crippen LogP contribution in [0.2, 0.25) is 5.15 Å². The highest BCUT2D eigenvalue weighted by Gasteiger charge is 2.07. The van der Waals surface area contributed by atoms with Crippen molar-refractivity contribution >= 4 is 39.1 Å². The van der Waals surface area contributed by atoms with Crippen LogP contribution in [0.15, 0.2) is 35.2 Å². The normalized spacial score (nSPS) is 10.3. The number of pyridine rings is 1. The van der Waals surface area contributed by atoms with Gasteiger partial charge in [-0.2, -0.15) is 5.10 Å². The monoisotopic (exact) mass is 328 g/mol. The Morgan fingerprint density at radius 3 is 3.11 bits per heavy atom. The molecular formula is C11H10BrClN4O. The van der Waals surface area contributed by atoms with Crippen LogP contribution in [0.25, 0.3) is 0 Å². The zero-order valence-electron chi connectivity index (χ0n) is 9.31. The van der Waals surface area contributed by atoms with Crippen molar-refractivity contribution in [2.24, 2.45) is 0 Å². The molecule has 0 radical (unpaired) electrons. The fourth-order valence-electron chi connectivity index (χ4n) is 1.37. The molecule has 2 heterocycles. The molecule has 5 nitrogen and oxygen atoms in total. The zero-order chi connectivity index (χ0) is 13.0. The van der Waals surface area contributed by atoms with Crippen molar-refractivity contribution in [3.8, 4) is 0 Å². The van der Waals surface area contributed by atoms with E-state index in [1.807, 2.05) is 6.07 Å². The average Bonchev–Trinajstić information content (AvgIpc) is 2.84. The van der Waals surface area contributed by atoms with Crippen LogP contribution in [0.4, 0.5) is 5.69 Å². The Kier molecular flexibility index (Phi) is 4.33. The summed E-state index contributed by atoms with van der Waals surface area (Å²) >= 11 is 9.15. The summed E-state index contributed by atoms with van der Waals surface area (Å²) in [5.41, 5.74) is 0.497. The summed E-state index contributed by atoms with van der Waals surface area (Å²) in [7, 11) is 0. The second-order valence-corrected chi connectivity index (χ2v) is 4.83. The lowest BCUT2D eigenvalue weighted by atomic mass is 10.3. The average molecular weight is 330 g/mol. The van der Waals surface area contributed by atoms with Crippen LogP contribution in [0.3, 0.4) is 0 Å². The standard InChI is InChI=1S/C11H10BrClN4O/c12-8-6-9(11(13)14-7-8)16-10(18)2-5-17-4-1-3-15-17/h1,3-4,6-7H,2,5H2,(H,16,18). The van der Waals surface area contributed by atoms with Gasteiger partial charge in [-0.15, -0.1) is 0 Å². The number of aromatic nitrogens is 3. The van der Waals surface area contributed by atoms with Crippen molar-refractivity contribution in [2.75, 3.05) is 5.32 Å². The molecular weight excluding hydrogens is 320 g/mol. The number of rotatable bonds is 4. The van der Waals surface area contributed by atoms with Gasteiger partial charge in [0.25, 0.3) is 0 Å². The van der Waals surface area contributed by atoms with Gasteiger partial charge in [0.2, 0.25) is 5.91 Å². The number of carbonyl (C=O) groups excluding carboxylic acids is 1. The number of nitrogens with zero attached hydrogens (tertiary/aromatic N) is 3. The number of hydrogen-bond donors (Lipinski definition) is 1. The van der Waals surface area contributed by atoms with Gasteiger partial charge in [0.05, 0.1) is 5.69 Å². The molecule has 0 unspecified atom stereocenters. The third-order valence-corrected chi connectivity index (χ3v) is 2.94. The molecule has 18 heavy (non-hydrogen) atoms. The molecule has 94 valence electrons. The Morgan fingerprint density at radius 1 is 1.56 bits per heavy atom. The van der Waals surface area contributed by atoms with Crippen LogP contribution in [0.5, 0.6) is 0 Å². The van der Waals surface area contributed by atoms with E-state index in [9.17, 15) is 4.79 Å². The summed E-state index contributed by atoms with van der Waals surface area (Å²) in [6, 6.07) is 3.52. The van der Waals surface area contributed by atoms with E-state index in [2.05, 4.69) is 31.3 Å². The summed E-state index contributed by atoms with van der Waals surface area (Å²) < 4.78 is 2.45. The van der Waals surface area contributed by atoms with Gasteiger partial charge in [-0.05, 0) is 28.1 Å². The largest absolute Gasteiger partial charge is 0.323 e. The minimum Gasteiger partial charge on any atom is -0.323 e. The fourth-order valence-corrected chi connectivity index (χ4v) is 1.85. The number of amides is 1. The minimum absolute atomic E-state index is 0.132. The molecule has 0 saturated heterocycles. The SMILES string of the molecule is O=C(CCn1cccn1)Nc1cc(Br)cnc1Cl. The van der Waals surface area contributed by atoms with E-state index in [4.69, 9.17) is 11.6 Å². The first-order chi connectivity index (χ1) is 8.65. The molecule has 7 heteroatoms. The molecule has 0 aliphatic heterocycles. The molecule has 2 rings (SSSR count). The summed E-state index contributed by atoms with van der Waals surface area (Å²) in [6.45, 7) is 0.526. The predicted molar refractivity (Wildman–Crippen MR) is 72.4 cm³/mol. The van der Waals surface area contributed by atoms with Gasteiger partial charge >= 0.3 is 0 Å². The maximum Gasteiger partial charge on any atom is 0.226 e. The first-order valence-electron chi connectivity index (χ1n) is 5.23. The maximum atomic E-state index is 11.7. The van der Waals surface area contributed by atoms with Gasteiger partial charge in [-0.3, -0.25) is 9.48 Å². The highest BCUT2D eigenvalue weighted by molar-refractivity contribution is 9.10. The fraction of sp³-hybridized carbons (Fsp3) is 0.182. The Labute approximate surface area is 117 Å². The molecule has 2 aromatic heterocycles. The molecule has 0 aromatic carbocycles. The highest BCUT2D eigenvalue weighted by Crippen LogP contribution is 2.22. The lowest BCUT2D eigenvalue weighted by Crippen LogP contribution is -2.15. The van der Waals surface area contributed by atoms with E-state index in [0.717, 1.165) is 4.47 Å². The minimum atomic E-state index is -0.132. The smallest absolute Gasteiger partial charge is 0.226 e. The lowest BCUT2D eigenvalue weighted by Gasteiger charge is -2.07. The van der Waals surface area contributed by atoms with Gasteiger partial charge in [-0.1, -0.05) is 11.6 Å². The second-order valence-electron chi connectivity index (χ2n) is 3.56. The van der Waals surface area contributed by atoms with Crippen LogP contribution in [0.1, 0.15) is 6.42 Å². The van der Waals surface area contributed by atoms with Crippen molar-refractivity contribution in [3.05, 3.63) is 40.3 Å². The molecule has 1 amide bonds. The quantitative estimate of drug-likeness (QED) is 0.877. The molecule has 0 spiro atoms. The molecule has 0 atom stereocenters. The Balaban J connectivity index is 1.92. The van der Waals surface area contributed by atoms with Crippen LogP contribution in [-0.2, 0) is 11.3 Å². The molecule has 2 aromatic rings. The number of halogens is 2. The maximum absolute atomic E-state index is 11.7. The van der Waals surface area contributed by atoms with E-state index < -0.39 is 0 Å². The second kappa shape index (κ2) is 5.97. The van der Waals surface area contributed by atoms with Crippen LogP contribution in [-0.4, -0.2) is 20.7 Å². The first kappa shape index (κ1) is 13.0. The Morgan fingerprint density at radius 2 is 2.39 bits per heavy atom. The first-order valence-corrected chi connectivity index (χ1v) is 6.40. The van der Waals surface area contributed by atoms with Crippen molar-refractivity contribution < 1.29 is 4.79 Å². The molecule has 0 saturated carbocycles. The molecule has 0 fully saturated rings. The highest BCUT2D eigenvalue weighted by atomic mass is 79.9. The molecule has 1 N–H and O–H groups in total. The van der Waals surface area contributed by atoms with E-state index in [1.54, 1.807) is 29.3 Å². The number of aryl methyl sites for hydroxylation is 1.